The molecule has 1 saturated heterocycles. The fraction of sp³-hybridized carbons (Fsp3) is 0.250. The van der Waals surface area contributed by atoms with Gasteiger partial charge in [0.25, 0.3) is 0 Å². The predicted octanol–water partition coefficient (Wildman–Crippen LogP) is 4.73. The second-order valence-electron chi connectivity index (χ2n) is 10.7. The van der Waals surface area contributed by atoms with Crippen molar-refractivity contribution in [3.63, 3.8) is 0 Å². The SMILES string of the molecule is O=C(COc1ccc(N2C(=O)[C@@H]3[C@H]4C=C[C@@H]([C@@H]5C[C@H]45)[C@@H]3C2=O)cc1)c1ccc(OC(=O)c2ccccc2)cc1. The number of esters is 1. The molecule has 0 N–H and O–H groups in total. The maximum absolute atomic E-state index is 13.3. The summed E-state index contributed by atoms with van der Waals surface area (Å²) in [5.41, 5.74) is 1.39. The van der Waals surface area contributed by atoms with Crippen molar-refractivity contribution < 1.29 is 28.7 Å². The van der Waals surface area contributed by atoms with E-state index < -0.39 is 5.97 Å². The molecule has 3 aromatic carbocycles. The van der Waals surface area contributed by atoms with E-state index >= 15 is 0 Å². The molecule has 6 atom stereocenters. The highest BCUT2D eigenvalue weighted by Crippen LogP contribution is 2.65. The van der Waals surface area contributed by atoms with E-state index in [0.29, 0.717) is 40.1 Å². The molecule has 0 spiro atoms. The minimum Gasteiger partial charge on any atom is -0.485 e. The molecule has 0 unspecified atom stereocenters. The van der Waals surface area contributed by atoms with Crippen LogP contribution in [0.2, 0.25) is 0 Å². The monoisotopic (exact) mass is 519 g/mol. The van der Waals surface area contributed by atoms with Crippen molar-refractivity contribution in [3.05, 3.63) is 102 Å². The van der Waals surface area contributed by atoms with Crippen LogP contribution in [0.15, 0.2) is 91.0 Å². The molecule has 7 heteroatoms. The molecule has 2 bridgehead atoms. The molecule has 3 aromatic rings. The highest BCUT2D eigenvalue weighted by Gasteiger charge is 2.67. The number of hydrogen-bond donors (Lipinski definition) is 0. The molecule has 2 amide bonds. The van der Waals surface area contributed by atoms with E-state index in [0.717, 1.165) is 6.42 Å². The Morgan fingerprint density at radius 2 is 1.31 bits per heavy atom. The van der Waals surface area contributed by atoms with E-state index in [1.807, 2.05) is 6.07 Å². The van der Waals surface area contributed by atoms with Crippen LogP contribution in [-0.2, 0) is 9.59 Å². The third-order valence-corrected chi connectivity index (χ3v) is 8.52. The number of amides is 2. The Labute approximate surface area is 225 Å². The summed E-state index contributed by atoms with van der Waals surface area (Å²) in [7, 11) is 0. The molecule has 7 nitrogen and oxygen atoms in total. The Bertz CT molecular complexity index is 1470. The summed E-state index contributed by atoms with van der Waals surface area (Å²) in [6.45, 7) is -0.188. The van der Waals surface area contributed by atoms with Gasteiger partial charge in [-0.3, -0.25) is 19.3 Å². The van der Waals surface area contributed by atoms with Crippen LogP contribution in [0.25, 0.3) is 0 Å². The van der Waals surface area contributed by atoms with Crippen molar-refractivity contribution in [2.75, 3.05) is 11.5 Å². The van der Waals surface area contributed by atoms with Crippen LogP contribution in [0.4, 0.5) is 5.69 Å². The van der Waals surface area contributed by atoms with Crippen molar-refractivity contribution in [1.29, 1.82) is 0 Å². The van der Waals surface area contributed by atoms with Gasteiger partial charge < -0.3 is 9.47 Å². The van der Waals surface area contributed by atoms with Gasteiger partial charge in [0.2, 0.25) is 11.8 Å². The Balaban J connectivity index is 0.964. The fourth-order valence-electron chi connectivity index (χ4n) is 6.58. The normalized spacial score (nSPS) is 27.6. The number of allylic oxidation sites excluding steroid dienone is 2. The highest BCUT2D eigenvalue weighted by atomic mass is 16.5. The van der Waals surface area contributed by atoms with Gasteiger partial charge in [-0.1, -0.05) is 30.4 Å². The van der Waals surface area contributed by atoms with Gasteiger partial charge in [-0.25, -0.2) is 4.79 Å². The number of carbonyl (C=O) groups excluding carboxylic acids is 4. The van der Waals surface area contributed by atoms with Crippen molar-refractivity contribution in [2.24, 2.45) is 35.5 Å². The molecule has 0 radical (unpaired) electrons. The van der Waals surface area contributed by atoms with Gasteiger partial charge in [0.05, 0.1) is 23.1 Å². The van der Waals surface area contributed by atoms with Crippen molar-refractivity contribution in [1.82, 2.24) is 0 Å². The predicted molar refractivity (Wildman–Crippen MR) is 141 cm³/mol. The number of nitrogens with zero attached hydrogens (tertiary/aromatic N) is 1. The number of hydrogen-bond acceptors (Lipinski definition) is 6. The maximum Gasteiger partial charge on any atom is 0.343 e. The lowest BCUT2D eigenvalue weighted by atomic mass is 9.63. The number of carbonyl (C=O) groups is 4. The van der Waals surface area contributed by atoms with Crippen LogP contribution < -0.4 is 14.4 Å². The van der Waals surface area contributed by atoms with E-state index in [1.165, 1.54) is 4.90 Å². The minimum atomic E-state index is -0.474. The maximum atomic E-state index is 13.3. The first-order valence-electron chi connectivity index (χ1n) is 13.2. The number of anilines is 1. The zero-order chi connectivity index (χ0) is 26.7. The number of ether oxygens (including phenoxy) is 2. The summed E-state index contributed by atoms with van der Waals surface area (Å²) in [4.78, 5) is 52.7. The van der Waals surface area contributed by atoms with Crippen LogP contribution in [0.5, 0.6) is 11.5 Å². The van der Waals surface area contributed by atoms with Gasteiger partial charge in [0.15, 0.2) is 12.4 Å². The van der Waals surface area contributed by atoms with Crippen molar-refractivity contribution in [3.8, 4) is 11.5 Å². The Kier molecular flexibility index (Phi) is 5.47. The van der Waals surface area contributed by atoms with Gasteiger partial charge in [0, 0.05) is 5.56 Å². The smallest absolute Gasteiger partial charge is 0.343 e. The van der Waals surface area contributed by atoms with E-state index in [2.05, 4.69) is 12.2 Å². The van der Waals surface area contributed by atoms with Crippen molar-refractivity contribution in [2.45, 2.75) is 6.42 Å². The summed E-state index contributed by atoms with van der Waals surface area (Å²) in [5.74, 6) is 0.898. The highest BCUT2D eigenvalue weighted by molar-refractivity contribution is 6.22. The molecule has 1 aliphatic heterocycles. The van der Waals surface area contributed by atoms with Gasteiger partial charge in [-0.15, -0.1) is 0 Å². The van der Waals surface area contributed by atoms with E-state index in [9.17, 15) is 19.2 Å². The topological polar surface area (TPSA) is 90.0 Å². The zero-order valence-electron chi connectivity index (χ0n) is 20.9. The number of ketones is 1. The average molecular weight is 520 g/mol. The zero-order valence-corrected chi connectivity index (χ0v) is 20.9. The summed E-state index contributed by atoms with van der Waals surface area (Å²) in [6, 6.07) is 21.7. The molecule has 5 aliphatic rings. The number of rotatable bonds is 7. The first-order valence-corrected chi connectivity index (χ1v) is 13.2. The fourth-order valence-corrected chi connectivity index (χ4v) is 6.58. The molecule has 4 aliphatic carbocycles. The van der Waals surface area contributed by atoms with Crippen LogP contribution in [-0.4, -0.2) is 30.2 Å². The number of imide groups is 1. The third kappa shape index (κ3) is 3.96. The lowest BCUT2D eigenvalue weighted by Crippen LogP contribution is -2.40. The molecular weight excluding hydrogens is 494 g/mol. The van der Waals surface area contributed by atoms with Crippen LogP contribution in [0.1, 0.15) is 27.1 Å². The molecule has 39 heavy (non-hydrogen) atoms. The van der Waals surface area contributed by atoms with E-state index in [-0.39, 0.29) is 47.9 Å². The second-order valence-corrected chi connectivity index (χ2v) is 10.7. The van der Waals surface area contributed by atoms with Crippen LogP contribution in [0, 0.1) is 35.5 Å². The van der Waals surface area contributed by atoms with Gasteiger partial charge in [-0.05, 0) is 90.8 Å². The molecular formula is C32H25NO6. The Morgan fingerprint density at radius 1 is 0.718 bits per heavy atom. The molecule has 194 valence electrons. The first-order chi connectivity index (χ1) is 19.0. The third-order valence-electron chi connectivity index (χ3n) is 8.52. The summed E-state index contributed by atoms with van der Waals surface area (Å²) in [6.07, 6.45) is 5.45. The summed E-state index contributed by atoms with van der Waals surface area (Å²) >= 11 is 0. The van der Waals surface area contributed by atoms with Gasteiger partial charge >= 0.3 is 5.97 Å². The van der Waals surface area contributed by atoms with E-state index in [1.54, 1.807) is 72.8 Å². The molecule has 1 heterocycles. The molecule has 0 aromatic heterocycles. The first kappa shape index (κ1) is 23.6. The summed E-state index contributed by atoms with van der Waals surface area (Å²) < 4.78 is 11.0. The molecule has 2 saturated carbocycles. The Morgan fingerprint density at radius 3 is 1.92 bits per heavy atom. The molecule has 8 rings (SSSR count). The number of Topliss-reactive ketones (excluding diaryl/α,β-unsaturated/α-hetero) is 1. The van der Waals surface area contributed by atoms with E-state index in [4.69, 9.17) is 9.47 Å². The minimum absolute atomic E-state index is 0.101. The van der Waals surface area contributed by atoms with Crippen LogP contribution in [0.3, 0.4) is 0 Å². The van der Waals surface area contributed by atoms with Gasteiger partial charge in [0.1, 0.15) is 11.5 Å². The lowest BCUT2D eigenvalue weighted by molar-refractivity contribution is -0.124. The van der Waals surface area contributed by atoms with Crippen molar-refractivity contribution >= 4 is 29.3 Å². The number of benzene rings is 3. The summed E-state index contributed by atoms with van der Waals surface area (Å²) in [5, 5.41) is 0. The molecule has 3 fully saturated rings. The van der Waals surface area contributed by atoms with Crippen LogP contribution >= 0.6 is 0 Å². The quantitative estimate of drug-likeness (QED) is 0.148. The standard InChI is InChI=1S/C32H25NO6/c34-27(18-6-10-22(11-7-18)39-32(37)19-4-2-1-3-5-19)17-38-21-12-8-20(9-13-21)33-30(35)28-23-14-15-24(26-16-25(23)26)29(28)31(33)36/h1-15,23-26,28-29H,16-17H2/t23-,24-,25-,26+,28-,29+/m0/s1. The van der Waals surface area contributed by atoms with Gasteiger partial charge in [-0.2, -0.15) is 0 Å². The second kappa shape index (κ2) is 9.05. The lowest BCUT2D eigenvalue weighted by Gasteiger charge is -2.37. The average Bonchev–Trinajstić information content (AvgIpc) is 3.75. The Hall–Kier alpha value is -4.52. The largest absolute Gasteiger partial charge is 0.485 e.